The van der Waals surface area contributed by atoms with E-state index in [-0.39, 0.29) is 0 Å². The molecule has 0 saturated heterocycles. The van der Waals surface area contributed by atoms with Gasteiger partial charge in [-0.2, -0.15) is 0 Å². The first-order valence-electron chi connectivity index (χ1n) is 3.83. The molecule has 0 radical (unpaired) electrons. The predicted molar refractivity (Wildman–Crippen MR) is 46.1 cm³/mol. The van der Waals surface area contributed by atoms with Crippen LogP contribution in [0.15, 0.2) is 25.0 Å². The van der Waals surface area contributed by atoms with E-state index >= 15 is 0 Å². The highest BCUT2D eigenvalue weighted by molar-refractivity contribution is 4.74. The zero-order chi connectivity index (χ0) is 10.4. The molecule has 0 unspecified atom stereocenters. The molecule has 10 heavy (non-hydrogen) atoms. The van der Waals surface area contributed by atoms with E-state index in [9.17, 15) is 0 Å². The highest BCUT2D eigenvalue weighted by Crippen LogP contribution is 1.84. The van der Waals surface area contributed by atoms with Gasteiger partial charge in [0, 0.05) is 13.5 Å². The fourth-order valence-electron chi connectivity index (χ4n) is 0. The molecule has 0 aromatic heterocycles. The Bertz CT molecular complexity index is 89.1. The van der Waals surface area contributed by atoms with Gasteiger partial charge in [-0.05, 0) is 6.92 Å². The summed E-state index contributed by atoms with van der Waals surface area (Å²) in [5.74, 6) is 0.509. The zero-order valence-corrected chi connectivity index (χ0v) is 7.02. The number of aliphatic hydroxyl groups excluding tert-OH is 2. The molecule has 0 heterocycles. The van der Waals surface area contributed by atoms with Crippen LogP contribution in [0.2, 0.25) is 0 Å². The van der Waals surface area contributed by atoms with Gasteiger partial charge in [0.25, 0.3) is 1.43 Å². The monoisotopic (exact) mass is 148 g/mol. The molecule has 2 N–H and O–H groups in total. The van der Waals surface area contributed by atoms with Crippen LogP contribution in [0.5, 0.6) is 0 Å². The van der Waals surface area contributed by atoms with Crippen molar-refractivity contribution in [2.45, 2.75) is 20.3 Å². The van der Waals surface area contributed by atoms with Crippen LogP contribution >= 0.6 is 0 Å². The van der Waals surface area contributed by atoms with E-state index in [1.165, 1.54) is 7.11 Å². The van der Waals surface area contributed by atoms with Gasteiger partial charge in [0.05, 0.1) is 5.76 Å². The van der Waals surface area contributed by atoms with Crippen molar-refractivity contribution in [2.75, 3.05) is 7.11 Å². The maximum atomic E-state index is 6.21. The summed E-state index contributed by atoms with van der Waals surface area (Å²) in [5, 5.41) is 7.45. The lowest BCUT2D eigenvalue weighted by atomic mass is 10.4. The average molecular weight is 148 g/mol. The summed E-state index contributed by atoms with van der Waals surface area (Å²) in [4.78, 5) is 0. The molecule has 0 atom stereocenters. The summed E-state index contributed by atoms with van der Waals surface area (Å²) in [6.45, 7) is 10.5. The molecule has 0 bridgehead atoms. The smallest absolute Gasteiger partial charge is 0.293 e. The maximum absolute atomic E-state index is 6.21. The van der Waals surface area contributed by atoms with E-state index in [4.69, 9.17) is 2.86 Å². The molecule has 2 nitrogen and oxygen atoms in total. The minimum atomic E-state index is 0.509. The Balaban J connectivity index is -0.000000115. The molecule has 0 aliphatic rings. The van der Waals surface area contributed by atoms with Crippen molar-refractivity contribution in [3.63, 3.8) is 0 Å². The summed E-state index contributed by atoms with van der Waals surface area (Å²) < 4.78 is 11.9. The third-order valence-electron chi connectivity index (χ3n) is 0.394. The number of hydrogen-bond acceptors (Lipinski definition) is 2. The SMILES string of the molecule is C=CC.[1H]OC.[3H]OC(=C)CC. The minimum absolute atomic E-state index is 0.509. The Labute approximate surface area is 66.5 Å². The van der Waals surface area contributed by atoms with E-state index in [2.05, 4.69) is 23.4 Å². The third kappa shape index (κ3) is 183. The van der Waals surface area contributed by atoms with Crippen molar-refractivity contribution in [1.82, 2.24) is 0 Å². The van der Waals surface area contributed by atoms with Gasteiger partial charge in [-0.3, -0.25) is 0 Å². The molecule has 0 fully saturated rings. The molecule has 62 valence electrons. The Kier molecular flexibility index (Phi) is 22.2. The van der Waals surface area contributed by atoms with Crippen molar-refractivity contribution in [2.24, 2.45) is 0 Å². The van der Waals surface area contributed by atoms with Crippen LogP contribution < -0.4 is 0 Å². The summed E-state index contributed by atoms with van der Waals surface area (Å²) in [6, 6.07) is 0. The van der Waals surface area contributed by atoms with E-state index in [1.54, 1.807) is 6.08 Å². The lowest BCUT2D eigenvalue weighted by Crippen LogP contribution is -1.66. The fourth-order valence-corrected chi connectivity index (χ4v) is 0. The number of allylic oxidation sites excluding steroid dienone is 2. The van der Waals surface area contributed by atoms with Gasteiger partial charge in [-0.1, -0.05) is 19.6 Å². The molecule has 0 amide bonds. The maximum Gasteiger partial charge on any atom is 0.293 e. The Morgan fingerprint density at radius 3 is 2.30 bits per heavy atom. The summed E-state index contributed by atoms with van der Waals surface area (Å²) in [5.41, 5.74) is 0. The second-order valence-electron chi connectivity index (χ2n) is 1.30. The second-order valence-corrected chi connectivity index (χ2v) is 1.30. The molecule has 0 aliphatic carbocycles. The molecule has 0 aromatic carbocycles. The van der Waals surface area contributed by atoms with E-state index in [0.29, 0.717) is 5.76 Å². The van der Waals surface area contributed by atoms with E-state index < -0.39 is 0 Å². The number of rotatable bonds is 2. The number of aliphatic hydroxyl groups is 2. The summed E-state index contributed by atoms with van der Waals surface area (Å²) in [6.07, 6.45) is 2.48. The summed E-state index contributed by atoms with van der Waals surface area (Å²) >= 11 is 0. The largest absolute Gasteiger partial charge is 0.513 e. The van der Waals surface area contributed by atoms with E-state index in [1.807, 2.05) is 13.8 Å². The Morgan fingerprint density at radius 1 is 2.00 bits per heavy atom. The molecular formula is C8H18O2. The van der Waals surface area contributed by atoms with Gasteiger partial charge in [0.15, 0.2) is 0 Å². The van der Waals surface area contributed by atoms with Crippen LogP contribution in [-0.4, -0.2) is 18.8 Å². The van der Waals surface area contributed by atoms with Crippen LogP contribution in [0.1, 0.15) is 20.3 Å². The molecule has 0 rings (SSSR count). The molecule has 0 spiro atoms. The van der Waals surface area contributed by atoms with Crippen LogP contribution in [0.25, 0.3) is 1.43 Å². The van der Waals surface area contributed by atoms with Gasteiger partial charge in [0.2, 0.25) is 1.43 Å². The van der Waals surface area contributed by atoms with Crippen molar-refractivity contribution >= 4 is 0 Å². The van der Waals surface area contributed by atoms with Crippen molar-refractivity contribution in [3.8, 4) is 0 Å². The highest BCUT2D eigenvalue weighted by Gasteiger charge is 1.70. The molecule has 0 aliphatic heterocycles. The quantitative estimate of drug-likeness (QED) is 0.466. The van der Waals surface area contributed by atoms with Gasteiger partial charge in [0.1, 0.15) is 0 Å². The lowest BCUT2D eigenvalue weighted by Gasteiger charge is -1.80. The first kappa shape index (κ1) is 9.24. The number of hydrogen-bond donors (Lipinski definition) is 2. The van der Waals surface area contributed by atoms with Gasteiger partial charge in [-0.25, -0.2) is 0 Å². The van der Waals surface area contributed by atoms with Crippen LogP contribution in [0.4, 0.5) is 0 Å². The lowest BCUT2D eigenvalue weighted by molar-refractivity contribution is 0.397. The Morgan fingerprint density at radius 2 is 2.30 bits per heavy atom. The normalized spacial score (nSPS) is 7.90. The van der Waals surface area contributed by atoms with Crippen LogP contribution in [0.3, 0.4) is 0 Å². The standard InChI is InChI=1S/C4H8O.C3H6.CH4O/c1-3-4(2)5;1-3-2;1-2/h5H,2-3H2,1H3;3H,1H2,2H3;2H,1H3/i;;2H/hT. The van der Waals surface area contributed by atoms with Crippen molar-refractivity contribution in [1.29, 1.82) is 2.86 Å². The van der Waals surface area contributed by atoms with Gasteiger partial charge in [-0.15, -0.1) is 6.58 Å². The highest BCUT2D eigenvalue weighted by atomic mass is 16.3. The fraction of sp³-hybridized carbons (Fsp3) is 0.500. The topological polar surface area (TPSA) is 40.5 Å². The minimum Gasteiger partial charge on any atom is -0.513 e. The molecular weight excluding hydrogens is 128 g/mol. The van der Waals surface area contributed by atoms with Gasteiger partial charge >= 0.3 is 0 Å². The van der Waals surface area contributed by atoms with Crippen molar-refractivity contribution in [3.05, 3.63) is 25.0 Å². The first-order valence-corrected chi connectivity index (χ1v) is 3.01. The third-order valence-corrected chi connectivity index (χ3v) is 0.394. The molecule has 0 aromatic rings. The summed E-state index contributed by atoms with van der Waals surface area (Å²) in [7, 11) is 1.29. The average Bonchev–Trinajstić information content (AvgIpc) is 2.06. The predicted octanol–water partition coefficient (Wildman–Crippen LogP) is 2.27. The van der Waals surface area contributed by atoms with Gasteiger partial charge < -0.3 is 10.2 Å². The second kappa shape index (κ2) is 24.0. The Hall–Kier alpha value is -0.760. The van der Waals surface area contributed by atoms with Crippen LogP contribution in [-0.2, 0) is 0 Å². The zero-order valence-electron chi connectivity index (χ0n) is 9.02. The van der Waals surface area contributed by atoms with E-state index in [0.717, 1.165) is 6.42 Å². The molecule has 2 heteroatoms. The first-order chi connectivity index (χ1) is 5.64. The van der Waals surface area contributed by atoms with Crippen LogP contribution in [0, 0.1) is 0 Å². The van der Waals surface area contributed by atoms with Crippen molar-refractivity contribution < 1.29 is 10.2 Å². The molecule has 0 saturated carbocycles.